The molecule has 1 aliphatic heterocycles. The van der Waals surface area contributed by atoms with E-state index in [2.05, 4.69) is 5.16 Å². The minimum absolute atomic E-state index is 0.00922. The lowest BCUT2D eigenvalue weighted by Gasteiger charge is -2.07. The Balaban J connectivity index is 1.94. The fourth-order valence-corrected chi connectivity index (χ4v) is 2.96. The highest BCUT2D eigenvalue weighted by molar-refractivity contribution is 5.95. The summed E-state index contributed by atoms with van der Waals surface area (Å²) < 4.78 is 11.4. The molecule has 3 aromatic rings. The van der Waals surface area contributed by atoms with E-state index in [0.717, 1.165) is 39.1 Å². The van der Waals surface area contributed by atoms with E-state index in [0.29, 0.717) is 6.42 Å². The van der Waals surface area contributed by atoms with Gasteiger partial charge in [-0.25, -0.2) is 0 Å². The molecule has 0 saturated carbocycles. The van der Waals surface area contributed by atoms with Gasteiger partial charge in [0.15, 0.2) is 5.58 Å². The molecule has 0 radical (unpaired) electrons. The van der Waals surface area contributed by atoms with Crippen LogP contribution in [-0.4, -0.2) is 23.0 Å². The first-order valence-electron chi connectivity index (χ1n) is 7.02. The van der Waals surface area contributed by atoms with Crippen LogP contribution in [0.3, 0.4) is 0 Å². The third kappa shape index (κ3) is 1.83. The molecule has 4 heteroatoms. The molecule has 1 N–H and O–H groups in total. The molecular formula is C17H15NO3. The maximum absolute atomic E-state index is 9.31. The lowest BCUT2D eigenvalue weighted by molar-refractivity contribution is 0.134. The molecule has 0 aliphatic carbocycles. The summed E-state index contributed by atoms with van der Waals surface area (Å²) in [7, 11) is 0. The molecule has 4 nitrogen and oxygen atoms in total. The molecule has 21 heavy (non-hydrogen) atoms. The Hall–Kier alpha value is -2.33. The van der Waals surface area contributed by atoms with Crippen molar-refractivity contribution in [2.24, 2.45) is 0 Å². The van der Waals surface area contributed by atoms with E-state index in [1.165, 1.54) is 0 Å². The predicted octanol–water partition coefficient (Wildman–Crippen LogP) is 3.10. The normalized spacial score (nSPS) is 17.0. The van der Waals surface area contributed by atoms with Gasteiger partial charge in [-0.1, -0.05) is 35.5 Å². The summed E-state index contributed by atoms with van der Waals surface area (Å²) in [5.41, 5.74) is 4.72. The van der Waals surface area contributed by atoms with Gasteiger partial charge in [0.1, 0.15) is 17.5 Å². The molecule has 1 unspecified atom stereocenters. The molecule has 106 valence electrons. The number of aromatic nitrogens is 1. The topological polar surface area (TPSA) is 55.5 Å². The zero-order valence-corrected chi connectivity index (χ0v) is 11.7. The minimum atomic E-state index is -0.186. The Labute approximate surface area is 121 Å². The van der Waals surface area contributed by atoms with Crippen LogP contribution < -0.4 is 4.74 Å². The van der Waals surface area contributed by atoms with Crippen molar-refractivity contribution in [1.29, 1.82) is 0 Å². The zero-order chi connectivity index (χ0) is 14.4. The lowest BCUT2D eigenvalue weighted by atomic mass is 10.0. The van der Waals surface area contributed by atoms with Gasteiger partial charge in [0, 0.05) is 17.5 Å². The molecule has 0 fully saturated rings. The highest BCUT2D eigenvalue weighted by Crippen LogP contribution is 2.41. The van der Waals surface area contributed by atoms with E-state index < -0.39 is 0 Å². The van der Waals surface area contributed by atoms with Gasteiger partial charge in [0.25, 0.3) is 0 Å². The lowest BCUT2D eigenvalue weighted by Crippen LogP contribution is -2.17. The summed E-state index contributed by atoms with van der Waals surface area (Å²) in [4.78, 5) is 0. The van der Waals surface area contributed by atoms with Gasteiger partial charge >= 0.3 is 0 Å². The first-order chi connectivity index (χ1) is 10.3. The Kier molecular flexibility index (Phi) is 2.72. The fourth-order valence-electron chi connectivity index (χ4n) is 2.96. The van der Waals surface area contributed by atoms with Crippen molar-refractivity contribution < 1.29 is 14.4 Å². The van der Waals surface area contributed by atoms with Crippen molar-refractivity contribution >= 4 is 11.0 Å². The maximum atomic E-state index is 9.31. The van der Waals surface area contributed by atoms with Crippen LogP contribution in [0.5, 0.6) is 5.75 Å². The quantitative estimate of drug-likeness (QED) is 0.784. The third-order valence-corrected chi connectivity index (χ3v) is 3.96. The second kappa shape index (κ2) is 4.60. The van der Waals surface area contributed by atoms with Crippen LogP contribution in [0.2, 0.25) is 0 Å². The number of aliphatic hydroxyl groups excluding tert-OH is 1. The van der Waals surface area contributed by atoms with Crippen LogP contribution in [0, 0.1) is 6.92 Å². The highest BCUT2D eigenvalue weighted by atomic mass is 16.5. The van der Waals surface area contributed by atoms with Crippen molar-refractivity contribution in [1.82, 2.24) is 5.16 Å². The van der Waals surface area contributed by atoms with Crippen LogP contribution in [0.15, 0.2) is 40.9 Å². The van der Waals surface area contributed by atoms with Crippen molar-refractivity contribution in [3.63, 3.8) is 0 Å². The van der Waals surface area contributed by atoms with Crippen molar-refractivity contribution in [3.8, 4) is 17.0 Å². The molecule has 0 spiro atoms. The average molecular weight is 281 g/mol. The second-order valence-electron chi connectivity index (χ2n) is 5.40. The van der Waals surface area contributed by atoms with Crippen LogP contribution in [0.1, 0.15) is 11.1 Å². The van der Waals surface area contributed by atoms with Gasteiger partial charge in [0.2, 0.25) is 0 Å². The number of hydrogen-bond acceptors (Lipinski definition) is 4. The molecule has 2 aromatic carbocycles. The van der Waals surface area contributed by atoms with E-state index in [4.69, 9.17) is 9.26 Å². The Bertz CT molecular complexity index is 808. The Morgan fingerprint density at radius 1 is 1.29 bits per heavy atom. The van der Waals surface area contributed by atoms with Crippen LogP contribution in [-0.2, 0) is 6.42 Å². The molecule has 1 aromatic heterocycles. The number of aliphatic hydroxyl groups is 1. The number of benzene rings is 2. The summed E-state index contributed by atoms with van der Waals surface area (Å²) in [5.74, 6) is 0.831. The van der Waals surface area contributed by atoms with Gasteiger partial charge in [0.05, 0.1) is 12.0 Å². The summed E-state index contributed by atoms with van der Waals surface area (Å²) in [6, 6.07) is 12.0. The SMILES string of the molecule is Cc1cc2c(-c3ccccc3)noc2c2c1OC(CO)C2. The van der Waals surface area contributed by atoms with E-state index >= 15 is 0 Å². The largest absolute Gasteiger partial charge is 0.487 e. The smallest absolute Gasteiger partial charge is 0.174 e. The van der Waals surface area contributed by atoms with E-state index in [-0.39, 0.29) is 12.7 Å². The molecule has 0 bridgehead atoms. The Morgan fingerprint density at radius 2 is 2.10 bits per heavy atom. The van der Waals surface area contributed by atoms with Crippen LogP contribution in [0.25, 0.3) is 22.2 Å². The molecule has 0 saturated heterocycles. The number of aryl methyl sites for hydroxylation is 1. The first-order valence-corrected chi connectivity index (χ1v) is 7.02. The summed E-state index contributed by atoms with van der Waals surface area (Å²) in [6.07, 6.45) is 0.475. The maximum Gasteiger partial charge on any atom is 0.174 e. The summed E-state index contributed by atoms with van der Waals surface area (Å²) >= 11 is 0. The van der Waals surface area contributed by atoms with Crippen LogP contribution >= 0.6 is 0 Å². The molecule has 0 amide bonds. The average Bonchev–Trinajstić information content (AvgIpc) is 3.12. The molecule has 1 atom stereocenters. The van der Waals surface area contributed by atoms with Gasteiger partial charge in [-0.05, 0) is 18.6 Å². The van der Waals surface area contributed by atoms with E-state index in [9.17, 15) is 5.11 Å². The molecule has 1 aliphatic rings. The zero-order valence-electron chi connectivity index (χ0n) is 11.7. The van der Waals surface area contributed by atoms with Crippen LogP contribution in [0.4, 0.5) is 0 Å². The number of nitrogens with zero attached hydrogens (tertiary/aromatic N) is 1. The van der Waals surface area contributed by atoms with E-state index in [1.807, 2.05) is 43.3 Å². The number of ether oxygens (including phenoxy) is 1. The highest BCUT2D eigenvalue weighted by Gasteiger charge is 2.29. The second-order valence-corrected chi connectivity index (χ2v) is 5.40. The van der Waals surface area contributed by atoms with Gasteiger partial charge in [-0.3, -0.25) is 0 Å². The predicted molar refractivity (Wildman–Crippen MR) is 79.4 cm³/mol. The number of fused-ring (bicyclic) bond motifs is 3. The Morgan fingerprint density at radius 3 is 2.86 bits per heavy atom. The van der Waals surface area contributed by atoms with Crippen molar-refractivity contribution in [2.45, 2.75) is 19.4 Å². The molecule has 2 heterocycles. The van der Waals surface area contributed by atoms with Crippen molar-refractivity contribution in [3.05, 3.63) is 47.5 Å². The monoisotopic (exact) mass is 281 g/mol. The van der Waals surface area contributed by atoms with E-state index in [1.54, 1.807) is 0 Å². The number of rotatable bonds is 2. The molecular weight excluding hydrogens is 266 g/mol. The molecule has 4 rings (SSSR count). The summed E-state index contributed by atoms with van der Waals surface area (Å²) in [6.45, 7) is 2.02. The summed E-state index contributed by atoms with van der Waals surface area (Å²) in [5, 5.41) is 14.6. The van der Waals surface area contributed by atoms with Gasteiger partial charge in [-0.2, -0.15) is 0 Å². The van der Waals surface area contributed by atoms with Crippen molar-refractivity contribution in [2.75, 3.05) is 6.61 Å². The number of hydrogen-bond donors (Lipinski definition) is 1. The standard InChI is InChI=1S/C17H15NO3/c1-10-7-13-15(11-5-3-2-4-6-11)18-21-17(13)14-8-12(9-19)20-16(10)14/h2-7,12,19H,8-9H2,1H3. The first kappa shape index (κ1) is 12.4. The minimum Gasteiger partial charge on any atom is -0.487 e. The van der Waals surface area contributed by atoms with Gasteiger partial charge < -0.3 is 14.4 Å². The fraction of sp³-hybridized carbons (Fsp3) is 0.235. The van der Waals surface area contributed by atoms with Gasteiger partial charge in [-0.15, -0.1) is 0 Å². The third-order valence-electron chi connectivity index (χ3n) is 3.96.